The van der Waals surface area contributed by atoms with Crippen molar-refractivity contribution in [2.24, 2.45) is 5.92 Å². The number of aliphatic carboxylic acids is 1. The average molecular weight is 274 g/mol. The second-order valence-electron chi connectivity index (χ2n) is 4.87. The first kappa shape index (κ1) is 15.1. The molecule has 104 valence electrons. The zero-order valence-electron chi connectivity index (χ0n) is 11.4. The molecule has 2 amide bonds. The summed E-state index contributed by atoms with van der Waals surface area (Å²) in [6, 6.07) is -0.878. The smallest absolute Gasteiger partial charge is 0.327 e. The molecule has 0 spiro atoms. The van der Waals surface area contributed by atoms with Gasteiger partial charge < -0.3 is 10.0 Å². The summed E-state index contributed by atoms with van der Waals surface area (Å²) in [5.41, 5.74) is 0. The number of rotatable bonds is 4. The second kappa shape index (κ2) is 6.31. The Bertz CT molecular complexity index is 324. The summed E-state index contributed by atoms with van der Waals surface area (Å²) in [6.07, 6.45) is 1.00. The molecule has 0 aromatic heterocycles. The van der Waals surface area contributed by atoms with E-state index in [1.165, 1.54) is 16.7 Å². The van der Waals surface area contributed by atoms with Gasteiger partial charge in [-0.05, 0) is 12.8 Å². The van der Waals surface area contributed by atoms with Crippen molar-refractivity contribution >= 4 is 23.8 Å². The van der Waals surface area contributed by atoms with E-state index in [0.29, 0.717) is 18.2 Å². The fourth-order valence-electron chi connectivity index (χ4n) is 2.00. The van der Waals surface area contributed by atoms with Crippen LogP contribution in [0, 0.1) is 5.92 Å². The van der Waals surface area contributed by atoms with Gasteiger partial charge >= 0.3 is 12.0 Å². The maximum Gasteiger partial charge on any atom is 0.327 e. The van der Waals surface area contributed by atoms with E-state index in [0.717, 1.165) is 6.42 Å². The molecule has 1 aliphatic heterocycles. The van der Waals surface area contributed by atoms with Crippen molar-refractivity contribution in [3.63, 3.8) is 0 Å². The summed E-state index contributed by atoms with van der Waals surface area (Å²) < 4.78 is 0. The van der Waals surface area contributed by atoms with Crippen LogP contribution in [0.1, 0.15) is 27.2 Å². The first-order valence-corrected chi connectivity index (χ1v) is 7.31. The van der Waals surface area contributed by atoms with E-state index in [-0.39, 0.29) is 11.4 Å². The van der Waals surface area contributed by atoms with Gasteiger partial charge in [-0.3, -0.25) is 4.90 Å². The third-order valence-electron chi connectivity index (χ3n) is 3.34. The highest BCUT2D eigenvalue weighted by molar-refractivity contribution is 8.00. The van der Waals surface area contributed by atoms with E-state index in [1.807, 2.05) is 6.92 Å². The number of amides is 2. The minimum absolute atomic E-state index is 0.0713. The number of carboxylic acid groups (broad SMARTS) is 1. The first-order valence-electron chi connectivity index (χ1n) is 6.26. The summed E-state index contributed by atoms with van der Waals surface area (Å²) in [5.74, 6) is -0.0238. The molecule has 1 rings (SSSR count). The minimum Gasteiger partial charge on any atom is -0.480 e. The Morgan fingerprint density at radius 2 is 2.17 bits per heavy atom. The van der Waals surface area contributed by atoms with Crippen LogP contribution in [0.3, 0.4) is 0 Å². The molecular formula is C12H22N2O3S. The van der Waals surface area contributed by atoms with Crippen LogP contribution in [-0.4, -0.2) is 57.7 Å². The summed E-state index contributed by atoms with van der Waals surface area (Å²) in [7, 11) is 1.74. The van der Waals surface area contributed by atoms with Gasteiger partial charge in [0, 0.05) is 19.3 Å². The Balaban J connectivity index is 2.71. The Hall–Kier alpha value is -0.910. The van der Waals surface area contributed by atoms with Gasteiger partial charge in [-0.1, -0.05) is 20.3 Å². The van der Waals surface area contributed by atoms with E-state index >= 15 is 0 Å². The summed E-state index contributed by atoms with van der Waals surface area (Å²) in [6.45, 7) is 6.70. The third kappa shape index (κ3) is 3.31. The standard InChI is InChI=1S/C12H22N2O3S/c1-5-8(2)6-13(4)12(17)14-9(3)18-7-10(14)11(15)16/h8-10H,5-7H2,1-4H3,(H,15,16). The summed E-state index contributed by atoms with van der Waals surface area (Å²) >= 11 is 1.51. The normalized spacial score (nSPS) is 25.0. The van der Waals surface area contributed by atoms with E-state index in [4.69, 9.17) is 5.11 Å². The summed E-state index contributed by atoms with van der Waals surface area (Å²) in [5, 5.41) is 9.06. The molecule has 1 saturated heterocycles. The van der Waals surface area contributed by atoms with E-state index in [9.17, 15) is 9.59 Å². The van der Waals surface area contributed by atoms with Crippen LogP contribution in [0.15, 0.2) is 0 Å². The topological polar surface area (TPSA) is 60.9 Å². The van der Waals surface area contributed by atoms with Gasteiger partial charge in [0.05, 0.1) is 5.37 Å². The van der Waals surface area contributed by atoms with Crippen LogP contribution in [0.2, 0.25) is 0 Å². The lowest BCUT2D eigenvalue weighted by molar-refractivity contribution is -0.141. The van der Waals surface area contributed by atoms with Crippen LogP contribution < -0.4 is 0 Å². The number of urea groups is 1. The van der Waals surface area contributed by atoms with Crippen molar-refractivity contribution in [3.05, 3.63) is 0 Å². The molecule has 0 aromatic rings. The molecule has 0 bridgehead atoms. The fraction of sp³-hybridized carbons (Fsp3) is 0.833. The Morgan fingerprint density at radius 1 is 1.56 bits per heavy atom. The molecule has 0 aromatic carbocycles. The van der Waals surface area contributed by atoms with Crippen LogP contribution >= 0.6 is 11.8 Å². The maximum absolute atomic E-state index is 12.3. The average Bonchev–Trinajstić information content (AvgIpc) is 2.69. The number of nitrogens with zero attached hydrogens (tertiary/aromatic N) is 2. The van der Waals surface area contributed by atoms with Crippen molar-refractivity contribution in [1.29, 1.82) is 0 Å². The lowest BCUT2D eigenvalue weighted by Crippen LogP contribution is -2.50. The van der Waals surface area contributed by atoms with Gasteiger partial charge in [-0.2, -0.15) is 0 Å². The molecular weight excluding hydrogens is 252 g/mol. The lowest BCUT2D eigenvalue weighted by atomic mass is 10.1. The van der Waals surface area contributed by atoms with E-state index in [2.05, 4.69) is 13.8 Å². The number of hydrogen-bond acceptors (Lipinski definition) is 3. The van der Waals surface area contributed by atoms with Gasteiger partial charge in [-0.15, -0.1) is 11.8 Å². The predicted octanol–water partition coefficient (Wildman–Crippen LogP) is 1.93. The quantitative estimate of drug-likeness (QED) is 0.851. The lowest BCUT2D eigenvalue weighted by Gasteiger charge is -2.31. The molecule has 1 aliphatic rings. The molecule has 0 radical (unpaired) electrons. The van der Waals surface area contributed by atoms with Crippen molar-refractivity contribution in [2.45, 2.75) is 38.6 Å². The number of carbonyl (C=O) groups is 2. The highest BCUT2D eigenvalue weighted by Gasteiger charge is 2.40. The monoisotopic (exact) mass is 274 g/mol. The molecule has 3 atom stereocenters. The van der Waals surface area contributed by atoms with Gasteiger partial charge in [0.1, 0.15) is 6.04 Å². The van der Waals surface area contributed by atoms with Gasteiger partial charge in [0.25, 0.3) is 0 Å². The SMILES string of the molecule is CCC(C)CN(C)C(=O)N1C(C)SCC1C(=O)O. The van der Waals surface area contributed by atoms with E-state index < -0.39 is 12.0 Å². The van der Waals surface area contributed by atoms with Crippen molar-refractivity contribution in [2.75, 3.05) is 19.3 Å². The van der Waals surface area contributed by atoms with Gasteiger partial charge in [-0.25, -0.2) is 9.59 Å². The van der Waals surface area contributed by atoms with Gasteiger partial charge in [0.2, 0.25) is 0 Å². The highest BCUT2D eigenvalue weighted by atomic mass is 32.2. The van der Waals surface area contributed by atoms with Crippen molar-refractivity contribution in [1.82, 2.24) is 9.80 Å². The second-order valence-corrected chi connectivity index (χ2v) is 6.22. The highest BCUT2D eigenvalue weighted by Crippen LogP contribution is 2.29. The molecule has 1 heterocycles. The molecule has 18 heavy (non-hydrogen) atoms. The molecule has 1 fully saturated rings. The van der Waals surface area contributed by atoms with Crippen LogP contribution in [0.25, 0.3) is 0 Å². The minimum atomic E-state index is -0.919. The van der Waals surface area contributed by atoms with Crippen molar-refractivity contribution < 1.29 is 14.7 Å². The van der Waals surface area contributed by atoms with Crippen molar-refractivity contribution in [3.8, 4) is 0 Å². The molecule has 0 aliphatic carbocycles. The number of thioether (sulfide) groups is 1. The molecule has 1 N–H and O–H groups in total. The molecule has 3 unspecified atom stereocenters. The Morgan fingerprint density at radius 3 is 2.67 bits per heavy atom. The zero-order chi connectivity index (χ0) is 13.9. The van der Waals surface area contributed by atoms with Crippen LogP contribution in [0.5, 0.6) is 0 Å². The molecule has 0 saturated carbocycles. The fourth-order valence-corrected chi connectivity index (χ4v) is 3.16. The number of hydrogen-bond donors (Lipinski definition) is 1. The van der Waals surface area contributed by atoms with Crippen LogP contribution in [-0.2, 0) is 4.79 Å². The largest absolute Gasteiger partial charge is 0.480 e. The molecule has 5 nitrogen and oxygen atoms in total. The Kier molecular flexibility index (Phi) is 5.31. The maximum atomic E-state index is 12.3. The Labute approximate surface area is 113 Å². The zero-order valence-corrected chi connectivity index (χ0v) is 12.2. The number of carboxylic acids is 1. The number of carbonyl (C=O) groups excluding carboxylic acids is 1. The molecule has 6 heteroatoms. The first-order chi connectivity index (χ1) is 8.38. The van der Waals surface area contributed by atoms with Gasteiger partial charge in [0.15, 0.2) is 0 Å². The predicted molar refractivity (Wildman–Crippen MR) is 72.7 cm³/mol. The van der Waals surface area contributed by atoms with E-state index in [1.54, 1.807) is 11.9 Å². The summed E-state index contributed by atoms with van der Waals surface area (Å²) in [4.78, 5) is 26.5. The van der Waals surface area contributed by atoms with Crippen LogP contribution in [0.4, 0.5) is 4.79 Å². The third-order valence-corrected chi connectivity index (χ3v) is 4.56.